The van der Waals surface area contributed by atoms with Gasteiger partial charge in [0.25, 0.3) is 0 Å². The van der Waals surface area contributed by atoms with Crippen molar-refractivity contribution < 1.29 is 9.59 Å². The summed E-state index contributed by atoms with van der Waals surface area (Å²) in [6.45, 7) is 8.11. The monoisotopic (exact) mass is 195 g/mol. The molecule has 1 amide bonds. The summed E-state index contributed by atoms with van der Waals surface area (Å²) in [6.07, 6.45) is 2.03. The second-order valence-corrected chi connectivity index (χ2v) is 4.44. The standard InChI is InChI=1S/C11H17NO2/c1-8(2)5-6-12-10(14)7-9(13)11(12,3)4/h5H,6-7H2,1-4H3. The number of Topliss-reactive ketones (excluding diaryl/α,β-unsaturated/α-hetero) is 1. The fraction of sp³-hybridized carbons (Fsp3) is 0.636. The quantitative estimate of drug-likeness (QED) is 0.495. The number of amides is 1. The van der Waals surface area contributed by atoms with E-state index in [1.165, 1.54) is 0 Å². The lowest BCUT2D eigenvalue weighted by Crippen LogP contribution is -2.44. The number of carbonyl (C=O) groups is 2. The maximum atomic E-state index is 11.5. The first-order valence-corrected chi connectivity index (χ1v) is 4.83. The first-order valence-electron chi connectivity index (χ1n) is 4.83. The highest BCUT2D eigenvalue weighted by molar-refractivity contribution is 6.09. The second-order valence-electron chi connectivity index (χ2n) is 4.44. The number of carbonyl (C=O) groups excluding carboxylic acids is 2. The maximum Gasteiger partial charge on any atom is 0.231 e. The van der Waals surface area contributed by atoms with Gasteiger partial charge in [-0.3, -0.25) is 9.59 Å². The van der Waals surface area contributed by atoms with Crippen LogP contribution >= 0.6 is 0 Å². The topological polar surface area (TPSA) is 37.4 Å². The lowest BCUT2D eigenvalue weighted by molar-refractivity contribution is -0.130. The summed E-state index contributed by atoms with van der Waals surface area (Å²) in [5, 5.41) is 0. The summed E-state index contributed by atoms with van der Waals surface area (Å²) in [4.78, 5) is 24.6. The Hall–Kier alpha value is -1.12. The molecule has 1 saturated heterocycles. The summed E-state index contributed by atoms with van der Waals surface area (Å²) in [7, 11) is 0. The zero-order valence-corrected chi connectivity index (χ0v) is 9.26. The van der Waals surface area contributed by atoms with Crippen molar-refractivity contribution in [1.29, 1.82) is 0 Å². The van der Waals surface area contributed by atoms with Crippen molar-refractivity contribution in [2.75, 3.05) is 6.54 Å². The van der Waals surface area contributed by atoms with Crippen LogP contribution in [0.2, 0.25) is 0 Å². The summed E-state index contributed by atoms with van der Waals surface area (Å²) >= 11 is 0. The third-order valence-corrected chi connectivity index (χ3v) is 2.65. The molecule has 0 spiro atoms. The Labute approximate surface area is 84.8 Å². The average molecular weight is 195 g/mol. The van der Waals surface area contributed by atoms with Crippen LogP contribution in [0.4, 0.5) is 0 Å². The van der Waals surface area contributed by atoms with Gasteiger partial charge >= 0.3 is 0 Å². The normalized spacial score (nSPS) is 20.1. The van der Waals surface area contributed by atoms with E-state index in [-0.39, 0.29) is 18.1 Å². The van der Waals surface area contributed by atoms with Crippen LogP contribution < -0.4 is 0 Å². The van der Waals surface area contributed by atoms with E-state index in [1.807, 2.05) is 19.9 Å². The molecular formula is C11H17NO2. The Morgan fingerprint density at radius 3 is 2.36 bits per heavy atom. The van der Waals surface area contributed by atoms with Gasteiger partial charge in [-0.2, -0.15) is 0 Å². The molecule has 0 unspecified atom stereocenters. The van der Waals surface area contributed by atoms with Crippen molar-refractivity contribution >= 4 is 11.7 Å². The molecule has 0 aromatic carbocycles. The minimum absolute atomic E-state index is 0.0182. The molecule has 1 fully saturated rings. The fourth-order valence-electron chi connectivity index (χ4n) is 1.52. The SMILES string of the molecule is CC(C)=CCN1C(=O)CC(=O)C1(C)C. The van der Waals surface area contributed by atoms with E-state index < -0.39 is 5.54 Å². The van der Waals surface area contributed by atoms with Crippen LogP contribution in [0.25, 0.3) is 0 Å². The van der Waals surface area contributed by atoms with Crippen LogP contribution in [0.1, 0.15) is 34.1 Å². The van der Waals surface area contributed by atoms with Gasteiger partial charge in [0.15, 0.2) is 5.78 Å². The lowest BCUT2D eigenvalue weighted by atomic mass is 10.0. The molecule has 0 saturated carbocycles. The van der Waals surface area contributed by atoms with Crippen molar-refractivity contribution in [1.82, 2.24) is 4.90 Å². The Morgan fingerprint density at radius 1 is 1.43 bits per heavy atom. The van der Waals surface area contributed by atoms with E-state index in [4.69, 9.17) is 0 Å². The summed E-state index contributed by atoms with van der Waals surface area (Å²) in [6, 6.07) is 0. The Balaban J connectivity index is 2.82. The van der Waals surface area contributed by atoms with Gasteiger partial charge in [-0.05, 0) is 27.7 Å². The van der Waals surface area contributed by atoms with E-state index in [0.717, 1.165) is 5.57 Å². The molecule has 1 rings (SSSR count). The predicted octanol–water partition coefficient (Wildman–Crippen LogP) is 1.53. The van der Waals surface area contributed by atoms with Gasteiger partial charge in [0.1, 0.15) is 0 Å². The number of hydrogen-bond donors (Lipinski definition) is 0. The van der Waals surface area contributed by atoms with Gasteiger partial charge in [-0.25, -0.2) is 0 Å². The minimum atomic E-state index is -0.622. The molecule has 0 atom stereocenters. The molecule has 1 heterocycles. The highest BCUT2D eigenvalue weighted by atomic mass is 16.2. The Bertz CT molecular complexity index is 298. The third-order valence-electron chi connectivity index (χ3n) is 2.65. The summed E-state index contributed by atoms with van der Waals surface area (Å²) in [5.41, 5.74) is 0.538. The summed E-state index contributed by atoms with van der Waals surface area (Å²) in [5.74, 6) is -0.0397. The average Bonchev–Trinajstić information content (AvgIpc) is 2.20. The maximum absolute atomic E-state index is 11.5. The first-order chi connectivity index (χ1) is 6.35. The van der Waals surface area contributed by atoms with Crippen molar-refractivity contribution in [2.24, 2.45) is 0 Å². The van der Waals surface area contributed by atoms with Crippen molar-refractivity contribution in [2.45, 2.75) is 39.7 Å². The number of allylic oxidation sites excluding steroid dienone is 1. The van der Waals surface area contributed by atoms with Crippen LogP contribution in [0.3, 0.4) is 0 Å². The largest absolute Gasteiger partial charge is 0.326 e. The number of nitrogens with zero attached hydrogens (tertiary/aromatic N) is 1. The van der Waals surface area contributed by atoms with E-state index in [1.54, 1.807) is 18.7 Å². The minimum Gasteiger partial charge on any atom is -0.326 e. The van der Waals surface area contributed by atoms with Gasteiger partial charge in [0, 0.05) is 6.54 Å². The fourth-order valence-corrected chi connectivity index (χ4v) is 1.52. The van der Waals surface area contributed by atoms with Gasteiger partial charge in [0.2, 0.25) is 5.91 Å². The van der Waals surface area contributed by atoms with E-state index in [9.17, 15) is 9.59 Å². The predicted molar refractivity (Wildman–Crippen MR) is 54.8 cm³/mol. The number of hydrogen-bond acceptors (Lipinski definition) is 2. The van der Waals surface area contributed by atoms with E-state index >= 15 is 0 Å². The number of ketones is 1. The first kappa shape index (κ1) is 11.0. The van der Waals surface area contributed by atoms with Crippen LogP contribution in [0, 0.1) is 0 Å². The molecule has 0 aromatic rings. The van der Waals surface area contributed by atoms with Gasteiger partial charge < -0.3 is 4.90 Å². The molecule has 14 heavy (non-hydrogen) atoms. The smallest absolute Gasteiger partial charge is 0.231 e. The molecule has 0 aromatic heterocycles. The van der Waals surface area contributed by atoms with Crippen molar-refractivity contribution in [3.8, 4) is 0 Å². The lowest BCUT2D eigenvalue weighted by Gasteiger charge is -2.29. The number of rotatable bonds is 2. The van der Waals surface area contributed by atoms with E-state index in [0.29, 0.717) is 6.54 Å². The van der Waals surface area contributed by atoms with Gasteiger partial charge in [0.05, 0.1) is 12.0 Å². The molecule has 78 valence electrons. The highest BCUT2D eigenvalue weighted by Gasteiger charge is 2.44. The number of likely N-dealkylation sites (tertiary alicyclic amines) is 1. The van der Waals surface area contributed by atoms with Crippen LogP contribution in [0.5, 0.6) is 0 Å². The second kappa shape index (κ2) is 3.56. The Morgan fingerprint density at radius 2 is 2.00 bits per heavy atom. The van der Waals surface area contributed by atoms with Crippen molar-refractivity contribution in [3.05, 3.63) is 11.6 Å². The molecule has 0 aliphatic carbocycles. The molecular weight excluding hydrogens is 178 g/mol. The zero-order chi connectivity index (χ0) is 10.9. The van der Waals surface area contributed by atoms with Crippen LogP contribution in [0.15, 0.2) is 11.6 Å². The highest BCUT2D eigenvalue weighted by Crippen LogP contribution is 2.25. The molecule has 0 radical (unpaired) electrons. The van der Waals surface area contributed by atoms with Crippen molar-refractivity contribution in [3.63, 3.8) is 0 Å². The summed E-state index contributed by atoms with van der Waals surface area (Å²) < 4.78 is 0. The van der Waals surface area contributed by atoms with Gasteiger partial charge in [-0.1, -0.05) is 11.6 Å². The molecule has 3 nitrogen and oxygen atoms in total. The Kier molecular flexibility index (Phi) is 2.79. The van der Waals surface area contributed by atoms with Crippen LogP contribution in [-0.4, -0.2) is 28.7 Å². The molecule has 0 bridgehead atoms. The zero-order valence-electron chi connectivity index (χ0n) is 9.26. The molecule has 1 aliphatic heterocycles. The molecule has 1 aliphatic rings. The molecule has 0 N–H and O–H groups in total. The van der Waals surface area contributed by atoms with E-state index in [2.05, 4.69) is 0 Å². The van der Waals surface area contributed by atoms with Gasteiger partial charge in [-0.15, -0.1) is 0 Å². The third kappa shape index (κ3) is 1.86. The van der Waals surface area contributed by atoms with Crippen LogP contribution in [-0.2, 0) is 9.59 Å². The molecule has 3 heteroatoms.